The van der Waals surface area contributed by atoms with E-state index in [9.17, 15) is 4.79 Å². The Bertz CT molecular complexity index is 668. The number of imidazole rings is 1. The zero-order valence-corrected chi connectivity index (χ0v) is 14.3. The number of likely N-dealkylation sites (tertiary alicyclic amines) is 1. The Kier molecular flexibility index (Phi) is 4.99. The van der Waals surface area contributed by atoms with Gasteiger partial charge in [0.25, 0.3) is 0 Å². The van der Waals surface area contributed by atoms with Crippen LogP contribution in [0.15, 0.2) is 24.3 Å². The molecular formula is C19H27N3O. The van der Waals surface area contributed by atoms with E-state index in [2.05, 4.69) is 46.5 Å². The second kappa shape index (κ2) is 7.16. The van der Waals surface area contributed by atoms with E-state index in [1.807, 2.05) is 6.07 Å². The fraction of sp³-hybridized carbons (Fsp3) is 0.579. The third-order valence-electron chi connectivity index (χ3n) is 5.00. The minimum Gasteiger partial charge on any atom is -0.343 e. The van der Waals surface area contributed by atoms with Gasteiger partial charge in [0, 0.05) is 26.1 Å². The molecule has 0 spiro atoms. The molecule has 1 aliphatic heterocycles. The number of benzene rings is 1. The largest absolute Gasteiger partial charge is 0.343 e. The van der Waals surface area contributed by atoms with Gasteiger partial charge in [0.2, 0.25) is 5.91 Å². The Labute approximate surface area is 138 Å². The number of aromatic nitrogens is 2. The van der Waals surface area contributed by atoms with Crippen molar-refractivity contribution in [1.82, 2.24) is 14.5 Å². The zero-order valence-electron chi connectivity index (χ0n) is 14.3. The SMILES string of the molecule is CCCCC(=O)N1CCC(Cn2c(C)nc3ccccc32)CC1. The van der Waals surface area contributed by atoms with Crippen LogP contribution in [-0.2, 0) is 11.3 Å². The summed E-state index contributed by atoms with van der Waals surface area (Å²) in [4.78, 5) is 18.8. The predicted molar refractivity (Wildman–Crippen MR) is 93.3 cm³/mol. The van der Waals surface area contributed by atoms with Crippen molar-refractivity contribution in [2.45, 2.75) is 52.5 Å². The van der Waals surface area contributed by atoms with E-state index >= 15 is 0 Å². The van der Waals surface area contributed by atoms with Gasteiger partial charge in [-0.3, -0.25) is 4.79 Å². The van der Waals surface area contributed by atoms with Crippen LogP contribution in [0.25, 0.3) is 11.0 Å². The summed E-state index contributed by atoms with van der Waals surface area (Å²) in [5, 5.41) is 0. The average molecular weight is 313 g/mol. The molecule has 1 aromatic carbocycles. The van der Waals surface area contributed by atoms with Crippen LogP contribution in [0.3, 0.4) is 0 Å². The van der Waals surface area contributed by atoms with Crippen molar-refractivity contribution >= 4 is 16.9 Å². The molecule has 0 radical (unpaired) electrons. The molecular weight excluding hydrogens is 286 g/mol. The summed E-state index contributed by atoms with van der Waals surface area (Å²) in [6, 6.07) is 8.35. The summed E-state index contributed by atoms with van der Waals surface area (Å²) in [5.74, 6) is 2.07. The third-order valence-corrected chi connectivity index (χ3v) is 5.00. The number of carbonyl (C=O) groups is 1. The lowest BCUT2D eigenvalue weighted by atomic mass is 9.96. The van der Waals surface area contributed by atoms with Gasteiger partial charge in [0.05, 0.1) is 11.0 Å². The molecule has 1 saturated heterocycles. The van der Waals surface area contributed by atoms with Gasteiger partial charge in [-0.05, 0) is 44.2 Å². The first kappa shape index (κ1) is 16.0. The van der Waals surface area contributed by atoms with Gasteiger partial charge < -0.3 is 9.47 Å². The van der Waals surface area contributed by atoms with Gasteiger partial charge in [0.15, 0.2) is 0 Å². The van der Waals surface area contributed by atoms with Crippen LogP contribution in [0.1, 0.15) is 44.9 Å². The minimum absolute atomic E-state index is 0.342. The van der Waals surface area contributed by atoms with Gasteiger partial charge in [-0.1, -0.05) is 25.5 Å². The maximum absolute atomic E-state index is 12.1. The van der Waals surface area contributed by atoms with Gasteiger partial charge in [-0.2, -0.15) is 0 Å². The molecule has 4 heteroatoms. The summed E-state index contributed by atoms with van der Waals surface area (Å²) in [7, 11) is 0. The number of nitrogens with zero attached hydrogens (tertiary/aromatic N) is 3. The first-order chi connectivity index (χ1) is 11.2. The monoisotopic (exact) mass is 313 g/mol. The first-order valence-corrected chi connectivity index (χ1v) is 8.88. The van der Waals surface area contributed by atoms with E-state index in [0.717, 1.165) is 56.7 Å². The molecule has 3 rings (SSSR count). The summed E-state index contributed by atoms with van der Waals surface area (Å²) in [6.45, 7) is 7.07. The average Bonchev–Trinajstić information content (AvgIpc) is 2.89. The third kappa shape index (κ3) is 3.57. The molecule has 1 amide bonds. The molecule has 0 unspecified atom stereocenters. The highest BCUT2D eigenvalue weighted by Gasteiger charge is 2.23. The summed E-state index contributed by atoms with van der Waals surface area (Å²) in [5.41, 5.74) is 2.31. The topological polar surface area (TPSA) is 38.1 Å². The molecule has 23 heavy (non-hydrogen) atoms. The normalized spacial score (nSPS) is 16.2. The highest BCUT2D eigenvalue weighted by Crippen LogP contribution is 2.23. The van der Waals surface area contributed by atoms with Crippen molar-refractivity contribution in [2.75, 3.05) is 13.1 Å². The quantitative estimate of drug-likeness (QED) is 0.842. The molecule has 1 fully saturated rings. The lowest BCUT2D eigenvalue weighted by Crippen LogP contribution is -2.39. The lowest BCUT2D eigenvalue weighted by molar-refractivity contribution is -0.132. The number of piperidine rings is 1. The number of hydrogen-bond acceptors (Lipinski definition) is 2. The Morgan fingerprint density at radius 2 is 2.00 bits per heavy atom. The molecule has 124 valence electrons. The standard InChI is InChI=1S/C19H27N3O/c1-3-4-9-19(23)21-12-10-16(11-13-21)14-22-15(2)20-17-7-5-6-8-18(17)22/h5-8,16H,3-4,9-14H2,1-2H3. The summed E-state index contributed by atoms with van der Waals surface area (Å²) in [6.07, 6.45) is 5.02. The molecule has 0 aliphatic carbocycles. The van der Waals surface area contributed by atoms with Crippen molar-refractivity contribution in [1.29, 1.82) is 0 Å². The van der Waals surface area contributed by atoms with E-state index in [4.69, 9.17) is 0 Å². The molecule has 2 aromatic rings. The molecule has 0 N–H and O–H groups in total. The second-order valence-electron chi connectivity index (χ2n) is 6.69. The first-order valence-electron chi connectivity index (χ1n) is 8.88. The minimum atomic E-state index is 0.342. The van der Waals surface area contributed by atoms with E-state index in [0.29, 0.717) is 18.2 Å². The molecule has 1 aliphatic rings. The van der Waals surface area contributed by atoms with Gasteiger partial charge >= 0.3 is 0 Å². The number of rotatable bonds is 5. The Hall–Kier alpha value is -1.84. The fourth-order valence-electron chi connectivity index (χ4n) is 3.54. The van der Waals surface area contributed by atoms with Crippen molar-refractivity contribution in [2.24, 2.45) is 5.92 Å². The van der Waals surface area contributed by atoms with Crippen molar-refractivity contribution in [3.05, 3.63) is 30.1 Å². The number of para-hydroxylation sites is 2. The highest BCUT2D eigenvalue weighted by molar-refractivity contribution is 5.76. The Morgan fingerprint density at radius 1 is 1.26 bits per heavy atom. The van der Waals surface area contributed by atoms with Crippen molar-refractivity contribution in [3.8, 4) is 0 Å². The Morgan fingerprint density at radius 3 is 2.74 bits per heavy atom. The molecule has 4 nitrogen and oxygen atoms in total. The number of hydrogen-bond donors (Lipinski definition) is 0. The molecule has 0 atom stereocenters. The molecule has 2 heterocycles. The van der Waals surface area contributed by atoms with Crippen LogP contribution in [-0.4, -0.2) is 33.4 Å². The van der Waals surface area contributed by atoms with Gasteiger partial charge in [0.1, 0.15) is 5.82 Å². The van der Waals surface area contributed by atoms with E-state index in [-0.39, 0.29) is 0 Å². The smallest absolute Gasteiger partial charge is 0.222 e. The number of carbonyl (C=O) groups excluding carboxylic acids is 1. The number of unbranched alkanes of at least 4 members (excludes halogenated alkanes) is 1. The highest BCUT2D eigenvalue weighted by atomic mass is 16.2. The maximum atomic E-state index is 12.1. The predicted octanol–water partition coefficient (Wildman–Crippen LogP) is 3.77. The lowest BCUT2D eigenvalue weighted by Gasteiger charge is -2.32. The van der Waals surface area contributed by atoms with Crippen LogP contribution in [0.2, 0.25) is 0 Å². The zero-order chi connectivity index (χ0) is 16.2. The Balaban J connectivity index is 1.60. The van der Waals surface area contributed by atoms with Gasteiger partial charge in [-0.15, -0.1) is 0 Å². The van der Waals surface area contributed by atoms with E-state index in [1.165, 1.54) is 5.52 Å². The number of fused-ring (bicyclic) bond motifs is 1. The molecule has 1 aromatic heterocycles. The maximum Gasteiger partial charge on any atom is 0.222 e. The van der Waals surface area contributed by atoms with Crippen LogP contribution in [0, 0.1) is 12.8 Å². The molecule has 0 saturated carbocycles. The van der Waals surface area contributed by atoms with Crippen LogP contribution in [0.4, 0.5) is 0 Å². The van der Waals surface area contributed by atoms with Crippen molar-refractivity contribution < 1.29 is 4.79 Å². The van der Waals surface area contributed by atoms with E-state index < -0.39 is 0 Å². The van der Waals surface area contributed by atoms with E-state index in [1.54, 1.807) is 0 Å². The second-order valence-corrected chi connectivity index (χ2v) is 6.69. The summed E-state index contributed by atoms with van der Waals surface area (Å²) >= 11 is 0. The van der Waals surface area contributed by atoms with Crippen LogP contribution in [0.5, 0.6) is 0 Å². The van der Waals surface area contributed by atoms with Crippen molar-refractivity contribution in [3.63, 3.8) is 0 Å². The fourth-order valence-corrected chi connectivity index (χ4v) is 3.54. The van der Waals surface area contributed by atoms with Crippen LogP contribution >= 0.6 is 0 Å². The molecule has 0 bridgehead atoms. The van der Waals surface area contributed by atoms with Gasteiger partial charge in [-0.25, -0.2) is 4.98 Å². The number of amides is 1. The number of aryl methyl sites for hydroxylation is 1. The summed E-state index contributed by atoms with van der Waals surface area (Å²) < 4.78 is 2.34. The van der Waals surface area contributed by atoms with Crippen LogP contribution < -0.4 is 0 Å².